The first-order chi connectivity index (χ1) is 24.0. The van der Waals surface area contributed by atoms with Gasteiger partial charge in [0.25, 0.3) is 0 Å². The monoisotopic (exact) mass is 662 g/mol. The van der Waals surface area contributed by atoms with Crippen molar-refractivity contribution < 1.29 is 23.8 Å². The van der Waals surface area contributed by atoms with Gasteiger partial charge in [0, 0.05) is 17.9 Å². The van der Waals surface area contributed by atoms with E-state index in [4.69, 9.17) is 14.2 Å². The fraction of sp³-hybridized carbons (Fsp3) is 0.500. The Morgan fingerprint density at radius 1 is 0.816 bits per heavy atom. The summed E-state index contributed by atoms with van der Waals surface area (Å²) in [6, 6.07) is 23.2. The van der Waals surface area contributed by atoms with Gasteiger partial charge < -0.3 is 14.2 Å². The quantitative estimate of drug-likeness (QED) is 0.0921. The van der Waals surface area contributed by atoms with Crippen molar-refractivity contribution in [3.05, 3.63) is 100 Å². The van der Waals surface area contributed by atoms with E-state index in [0.29, 0.717) is 36.3 Å². The van der Waals surface area contributed by atoms with Crippen LogP contribution in [0.15, 0.2) is 66.7 Å². The number of methoxy groups -OCH3 is 2. The third kappa shape index (κ3) is 11.0. The predicted octanol–water partition coefficient (Wildman–Crippen LogP) is 10.2. The van der Waals surface area contributed by atoms with E-state index in [2.05, 4.69) is 72.5 Å². The topological polar surface area (TPSA) is 61.8 Å². The molecule has 5 rings (SSSR count). The Hall–Kier alpha value is -4.04. The zero-order chi connectivity index (χ0) is 34.3. The van der Waals surface area contributed by atoms with Crippen LogP contribution in [-0.2, 0) is 33.7 Å². The normalized spacial score (nSPS) is 16.5. The Morgan fingerprint density at radius 2 is 1.61 bits per heavy atom. The summed E-state index contributed by atoms with van der Waals surface area (Å²) in [6.07, 6.45) is 17.6. The maximum absolute atomic E-state index is 12.3. The van der Waals surface area contributed by atoms with Crippen molar-refractivity contribution in [3.8, 4) is 17.6 Å². The van der Waals surface area contributed by atoms with Gasteiger partial charge in [0.15, 0.2) is 0 Å². The molecule has 3 aromatic rings. The molecule has 5 nitrogen and oxygen atoms in total. The summed E-state index contributed by atoms with van der Waals surface area (Å²) >= 11 is 0. The molecule has 0 bridgehead atoms. The van der Waals surface area contributed by atoms with Gasteiger partial charge in [-0.05, 0) is 122 Å². The molecule has 260 valence electrons. The number of esters is 2. The molecule has 1 saturated carbocycles. The molecule has 2 unspecified atom stereocenters. The van der Waals surface area contributed by atoms with Crippen LogP contribution >= 0.6 is 0 Å². The second-order valence-electron chi connectivity index (χ2n) is 13.9. The standard InChI is InChI=1S/C44H54O5/c1-47-43(45)20-9-4-3-8-15-36(40-18-12-17-38-31-39(44(46)48-2)29-30-41(38)40)27-28-37-16-10-11-19-42(37)49-32-35-25-23-34(24-26-35)22-21-33-13-6-5-7-14-33/h10-11,16,19,23-26,29-31,33,36,40H,3-9,12-15,17-18,20,27-28,32H2,1-2H3. The first-order valence-corrected chi connectivity index (χ1v) is 18.6. The van der Waals surface area contributed by atoms with Gasteiger partial charge in [-0.2, -0.15) is 0 Å². The number of unbranched alkanes of at least 4 members (excludes halogenated alkanes) is 3. The Bertz CT molecular complexity index is 1560. The summed E-state index contributed by atoms with van der Waals surface area (Å²) in [6.45, 7) is 0.529. The van der Waals surface area contributed by atoms with E-state index in [1.54, 1.807) is 0 Å². The van der Waals surface area contributed by atoms with E-state index in [-0.39, 0.29) is 11.9 Å². The molecular weight excluding hydrogens is 608 g/mol. The molecule has 2 atom stereocenters. The first-order valence-electron chi connectivity index (χ1n) is 18.6. The van der Waals surface area contributed by atoms with E-state index in [0.717, 1.165) is 81.1 Å². The van der Waals surface area contributed by atoms with E-state index in [9.17, 15) is 9.59 Å². The van der Waals surface area contributed by atoms with Gasteiger partial charge in [-0.1, -0.05) is 86.8 Å². The molecule has 0 spiro atoms. The van der Waals surface area contributed by atoms with Crippen molar-refractivity contribution >= 4 is 11.9 Å². The summed E-state index contributed by atoms with van der Waals surface area (Å²) in [7, 11) is 2.90. The lowest BCUT2D eigenvalue weighted by Crippen LogP contribution is -2.20. The fourth-order valence-electron chi connectivity index (χ4n) is 7.73. The molecule has 1 fully saturated rings. The summed E-state index contributed by atoms with van der Waals surface area (Å²) in [5.41, 5.74) is 6.79. The van der Waals surface area contributed by atoms with Crippen LogP contribution in [-0.4, -0.2) is 26.2 Å². The zero-order valence-corrected chi connectivity index (χ0v) is 29.6. The lowest BCUT2D eigenvalue weighted by atomic mass is 9.72. The lowest BCUT2D eigenvalue weighted by molar-refractivity contribution is -0.140. The van der Waals surface area contributed by atoms with Crippen molar-refractivity contribution in [1.82, 2.24) is 0 Å². The molecule has 3 aromatic carbocycles. The van der Waals surface area contributed by atoms with Gasteiger partial charge in [0.2, 0.25) is 0 Å². The molecule has 0 amide bonds. The highest BCUT2D eigenvalue weighted by molar-refractivity contribution is 5.89. The molecule has 5 heteroatoms. The summed E-state index contributed by atoms with van der Waals surface area (Å²) in [5, 5.41) is 0. The van der Waals surface area contributed by atoms with Gasteiger partial charge >= 0.3 is 11.9 Å². The number of benzene rings is 3. The molecule has 0 aromatic heterocycles. The van der Waals surface area contributed by atoms with Crippen LogP contribution in [0.25, 0.3) is 0 Å². The van der Waals surface area contributed by atoms with Crippen molar-refractivity contribution in [3.63, 3.8) is 0 Å². The van der Waals surface area contributed by atoms with Gasteiger partial charge in [0.05, 0.1) is 19.8 Å². The van der Waals surface area contributed by atoms with Crippen LogP contribution in [0.2, 0.25) is 0 Å². The minimum absolute atomic E-state index is 0.125. The van der Waals surface area contributed by atoms with Crippen LogP contribution in [0.3, 0.4) is 0 Å². The summed E-state index contributed by atoms with van der Waals surface area (Å²) < 4.78 is 16.3. The maximum atomic E-state index is 12.3. The molecule has 0 aliphatic heterocycles. The average molecular weight is 663 g/mol. The number of ether oxygens (including phenoxy) is 3. The number of carbonyl (C=O) groups excluding carboxylic acids is 2. The van der Waals surface area contributed by atoms with Crippen LogP contribution < -0.4 is 4.74 Å². The molecule has 0 radical (unpaired) electrons. The average Bonchev–Trinajstić information content (AvgIpc) is 3.16. The second-order valence-corrected chi connectivity index (χ2v) is 13.9. The Balaban J connectivity index is 1.22. The number of para-hydroxylation sites is 1. The maximum Gasteiger partial charge on any atom is 0.337 e. The lowest BCUT2D eigenvalue weighted by Gasteiger charge is -2.33. The summed E-state index contributed by atoms with van der Waals surface area (Å²) in [4.78, 5) is 23.8. The SMILES string of the molecule is COC(=O)CCCCCCC(CCc1ccccc1OCc1ccc(C#CC2CCCCC2)cc1)C1CCCc2cc(C(=O)OC)ccc21. The smallest absolute Gasteiger partial charge is 0.337 e. The first kappa shape index (κ1) is 36.2. The third-order valence-electron chi connectivity index (χ3n) is 10.6. The van der Waals surface area contributed by atoms with Crippen molar-refractivity contribution in [1.29, 1.82) is 0 Å². The molecule has 0 N–H and O–H groups in total. The van der Waals surface area contributed by atoms with Crippen molar-refractivity contribution in [2.75, 3.05) is 14.2 Å². The number of hydrogen-bond acceptors (Lipinski definition) is 5. The molecule has 2 aliphatic carbocycles. The zero-order valence-electron chi connectivity index (χ0n) is 29.6. The van der Waals surface area contributed by atoms with E-state index in [1.807, 2.05) is 6.07 Å². The Morgan fingerprint density at radius 3 is 2.41 bits per heavy atom. The van der Waals surface area contributed by atoms with Crippen molar-refractivity contribution in [2.45, 2.75) is 115 Å². The Kier molecular flexibility index (Phi) is 14.2. The minimum atomic E-state index is -0.274. The number of hydrogen-bond donors (Lipinski definition) is 0. The number of carbonyl (C=O) groups is 2. The second kappa shape index (κ2) is 19.2. The van der Waals surface area contributed by atoms with E-state index < -0.39 is 0 Å². The van der Waals surface area contributed by atoms with Crippen LogP contribution in [0.4, 0.5) is 0 Å². The van der Waals surface area contributed by atoms with Crippen LogP contribution in [0, 0.1) is 23.7 Å². The van der Waals surface area contributed by atoms with Gasteiger partial charge in [-0.3, -0.25) is 4.79 Å². The highest BCUT2D eigenvalue weighted by Gasteiger charge is 2.28. The van der Waals surface area contributed by atoms with Crippen LogP contribution in [0.5, 0.6) is 5.75 Å². The predicted molar refractivity (Wildman–Crippen MR) is 196 cm³/mol. The number of fused-ring (bicyclic) bond motifs is 1. The molecule has 49 heavy (non-hydrogen) atoms. The minimum Gasteiger partial charge on any atom is -0.489 e. The highest BCUT2D eigenvalue weighted by atomic mass is 16.5. The molecule has 0 heterocycles. The Labute approximate surface area is 294 Å². The largest absolute Gasteiger partial charge is 0.489 e. The highest BCUT2D eigenvalue weighted by Crippen LogP contribution is 2.42. The number of aryl methyl sites for hydroxylation is 2. The molecule has 2 aliphatic rings. The molecular formula is C44H54O5. The van der Waals surface area contributed by atoms with Gasteiger partial charge in [-0.15, -0.1) is 0 Å². The molecule has 0 saturated heterocycles. The van der Waals surface area contributed by atoms with Crippen molar-refractivity contribution in [2.24, 2.45) is 11.8 Å². The fourth-order valence-corrected chi connectivity index (χ4v) is 7.73. The summed E-state index contributed by atoms with van der Waals surface area (Å²) in [5.74, 6) is 8.97. The van der Waals surface area contributed by atoms with Gasteiger partial charge in [-0.25, -0.2) is 4.79 Å². The van der Waals surface area contributed by atoms with E-state index >= 15 is 0 Å². The van der Waals surface area contributed by atoms with E-state index in [1.165, 1.54) is 63.0 Å². The van der Waals surface area contributed by atoms with Gasteiger partial charge in [0.1, 0.15) is 12.4 Å². The van der Waals surface area contributed by atoms with Crippen LogP contribution in [0.1, 0.15) is 134 Å². The number of rotatable bonds is 15. The third-order valence-corrected chi connectivity index (χ3v) is 10.6.